The van der Waals surface area contributed by atoms with E-state index in [9.17, 15) is 0 Å². The zero-order valence-corrected chi connectivity index (χ0v) is 11.9. The number of nitrogens with two attached hydrogens (primary N) is 1. The molecule has 2 heterocycles. The highest BCUT2D eigenvalue weighted by molar-refractivity contribution is 5.34. The van der Waals surface area contributed by atoms with Crippen molar-refractivity contribution in [3.05, 3.63) is 47.1 Å². The van der Waals surface area contributed by atoms with Gasteiger partial charge in [0, 0.05) is 12.5 Å². The van der Waals surface area contributed by atoms with Crippen LogP contribution in [0.3, 0.4) is 0 Å². The number of rotatable bonds is 3. The highest BCUT2D eigenvalue weighted by Crippen LogP contribution is 2.35. The number of nitrogens with zero attached hydrogens (tertiary/aromatic N) is 2. The predicted octanol–water partition coefficient (Wildman–Crippen LogP) is 2.13. The van der Waals surface area contributed by atoms with E-state index in [-0.39, 0.29) is 12.2 Å². The molecule has 2 atom stereocenters. The summed E-state index contributed by atoms with van der Waals surface area (Å²) in [5, 5.41) is 4.18. The van der Waals surface area contributed by atoms with Crippen molar-refractivity contribution in [1.29, 1.82) is 0 Å². The van der Waals surface area contributed by atoms with Crippen LogP contribution in [0.2, 0.25) is 0 Å². The normalized spacial score (nSPS) is 25.4. The van der Waals surface area contributed by atoms with E-state index >= 15 is 0 Å². The van der Waals surface area contributed by atoms with Gasteiger partial charge in [0.2, 0.25) is 0 Å². The van der Waals surface area contributed by atoms with Gasteiger partial charge in [0.1, 0.15) is 6.10 Å². The molecule has 21 heavy (non-hydrogen) atoms. The summed E-state index contributed by atoms with van der Waals surface area (Å²) >= 11 is 0. The first-order chi connectivity index (χ1) is 10.3. The van der Waals surface area contributed by atoms with Gasteiger partial charge >= 0.3 is 0 Å². The van der Waals surface area contributed by atoms with Crippen molar-refractivity contribution in [3.63, 3.8) is 0 Å². The Morgan fingerprint density at radius 3 is 2.57 bits per heavy atom. The van der Waals surface area contributed by atoms with E-state index in [1.165, 1.54) is 11.1 Å². The van der Waals surface area contributed by atoms with Crippen molar-refractivity contribution < 1.29 is 9.26 Å². The quantitative estimate of drug-likeness (QED) is 0.935. The molecule has 0 saturated carbocycles. The molecule has 5 heteroatoms. The van der Waals surface area contributed by atoms with Crippen molar-refractivity contribution in [2.75, 3.05) is 6.54 Å². The SMILES string of the molecule is NCC1CCC(c2nc(C3Cc4ccccc4C3)no2)O1. The van der Waals surface area contributed by atoms with Crippen LogP contribution in [0, 0.1) is 0 Å². The van der Waals surface area contributed by atoms with Gasteiger partial charge in [0.15, 0.2) is 5.82 Å². The molecule has 1 fully saturated rings. The molecule has 1 aromatic carbocycles. The lowest BCUT2D eigenvalue weighted by Crippen LogP contribution is -2.18. The van der Waals surface area contributed by atoms with Gasteiger partial charge in [-0.15, -0.1) is 0 Å². The second-order valence-corrected chi connectivity index (χ2v) is 5.92. The average molecular weight is 285 g/mol. The van der Waals surface area contributed by atoms with Crippen LogP contribution in [-0.2, 0) is 17.6 Å². The van der Waals surface area contributed by atoms with Crippen molar-refractivity contribution in [1.82, 2.24) is 10.1 Å². The fourth-order valence-corrected chi connectivity index (χ4v) is 3.35. The van der Waals surface area contributed by atoms with Crippen molar-refractivity contribution in [3.8, 4) is 0 Å². The van der Waals surface area contributed by atoms with E-state index in [1.807, 2.05) is 0 Å². The molecule has 110 valence electrons. The van der Waals surface area contributed by atoms with Gasteiger partial charge in [0.25, 0.3) is 5.89 Å². The van der Waals surface area contributed by atoms with E-state index in [2.05, 4.69) is 34.4 Å². The number of hydrogen-bond donors (Lipinski definition) is 1. The van der Waals surface area contributed by atoms with Crippen LogP contribution in [0.5, 0.6) is 0 Å². The highest BCUT2D eigenvalue weighted by atomic mass is 16.5. The first-order valence-electron chi connectivity index (χ1n) is 7.59. The molecule has 2 aliphatic rings. The summed E-state index contributed by atoms with van der Waals surface area (Å²) in [5.41, 5.74) is 8.43. The molecule has 0 radical (unpaired) electrons. The van der Waals surface area contributed by atoms with Crippen molar-refractivity contribution >= 4 is 0 Å². The molecule has 1 aromatic heterocycles. The highest BCUT2D eigenvalue weighted by Gasteiger charge is 2.32. The largest absolute Gasteiger partial charge is 0.364 e. The summed E-state index contributed by atoms with van der Waals surface area (Å²) in [4.78, 5) is 4.58. The molecule has 2 unspecified atom stereocenters. The first-order valence-corrected chi connectivity index (χ1v) is 7.59. The average Bonchev–Trinajstić information content (AvgIpc) is 3.24. The second kappa shape index (κ2) is 5.24. The zero-order chi connectivity index (χ0) is 14.2. The topological polar surface area (TPSA) is 74.2 Å². The molecule has 4 rings (SSSR count). The van der Waals surface area contributed by atoms with Gasteiger partial charge in [-0.1, -0.05) is 29.4 Å². The third kappa shape index (κ3) is 2.36. The predicted molar refractivity (Wildman–Crippen MR) is 76.8 cm³/mol. The summed E-state index contributed by atoms with van der Waals surface area (Å²) in [5.74, 6) is 1.74. The molecule has 1 aliphatic carbocycles. The van der Waals surface area contributed by atoms with E-state index in [1.54, 1.807) is 0 Å². The van der Waals surface area contributed by atoms with Gasteiger partial charge in [0.05, 0.1) is 6.10 Å². The zero-order valence-electron chi connectivity index (χ0n) is 11.9. The van der Waals surface area contributed by atoms with E-state index in [4.69, 9.17) is 15.0 Å². The van der Waals surface area contributed by atoms with Gasteiger partial charge < -0.3 is 15.0 Å². The van der Waals surface area contributed by atoms with E-state index in [0.29, 0.717) is 18.4 Å². The maximum absolute atomic E-state index is 5.81. The molecule has 2 N–H and O–H groups in total. The van der Waals surface area contributed by atoms with Crippen LogP contribution >= 0.6 is 0 Å². The number of hydrogen-bond acceptors (Lipinski definition) is 5. The fourth-order valence-electron chi connectivity index (χ4n) is 3.35. The Kier molecular flexibility index (Phi) is 3.24. The summed E-state index contributed by atoms with van der Waals surface area (Å²) in [6.45, 7) is 0.551. The maximum atomic E-state index is 5.81. The van der Waals surface area contributed by atoms with E-state index in [0.717, 1.165) is 31.5 Å². The molecule has 1 aliphatic heterocycles. The smallest absolute Gasteiger partial charge is 0.255 e. The Morgan fingerprint density at radius 2 is 1.90 bits per heavy atom. The number of ether oxygens (including phenoxy) is 1. The maximum Gasteiger partial charge on any atom is 0.255 e. The first kappa shape index (κ1) is 13.0. The Hall–Kier alpha value is -1.72. The van der Waals surface area contributed by atoms with Crippen LogP contribution in [-0.4, -0.2) is 22.8 Å². The second-order valence-electron chi connectivity index (χ2n) is 5.92. The Balaban J connectivity index is 1.49. The van der Waals surface area contributed by atoms with Gasteiger partial charge in [-0.05, 0) is 36.8 Å². The summed E-state index contributed by atoms with van der Waals surface area (Å²) in [6.07, 6.45) is 3.91. The van der Waals surface area contributed by atoms with Crippen molar-refractivity contribution in [2.45, 2.75) is 43.8 Å². The standard InChI is InChI=1S/C16H19N3O2/c17-9-13-5-6-14(20-13)16-18-15(19-21-16)12-7-10-3-1-2-4-11(10)8-12/h1-4,12-14H,5-9,17H2. The molecule has 2 aromatic rings. The summed E-state index contributed by atoms with van der Waals surface area (Å²) in [7, 11) is 0. The van der Waals surface area contributed by atoms with Crippen LogP contribution < -0.4 is 5.73 Å². The van der Waals surface area contributed by atoms with Gasteiger partial charge in [-0.25, -0.2) is 0 Å². The third-order valence-corrected chi connectivity index (χ3v) is 4.52. The minimum Gasteiger partial charge on any atom is -0.364 e. The molecular formula is C16H19N3O2. The summed E-state index contributed by atoms with van der Waals surface area (Å²) in [6, 6.07) is 8.54. The lowest BCUT2D eigenvalue weighted by Gasteiger charge is -2.07. The Morgan fingerprint density at radius 1 is 1.14 bits per heavy atom. The number of fused-ring (bicyclic) bond motifs is 1. The monoisotopic (exact) mass is 285 g/mol. The van der Waals surface area contributed by atoms with Crippen LogP contribution in [0.15, 0.2) is 28.8 Å². The molecular weight excluding hydrogens is 266 g/mol. The van der Waals surface area contributed by atoms with Gasteiger partial charge in [-0.3, -0.25) is 0 Å². The van der Waals surface area contributed by atoms with Gasteiger partial charge in [-0.2, -0.15) is 4.98 Å². The van der Waals surface area contributed by atoms with Crippen LogP contribution in [0.1, 0.15) is 47.7 Å². The molecule has 0 bridgehead atoms. The summed E-state index contributed by atoms with van der Waals surface area (Å²) < 4.78 is 11.2. The number of benzene rings is 1. The van der Waals surface area contributed by atoms with Crippen LogP contribution in [0.25, 0.3) is 0 Å². The molecule has 1 saturated heterocycles. The third-order valence-electron chi connectivity index (χ3n) is 4.52. The molecule has 5 nitrogen and oxygen atoms in total. The van der Waals surface area contributed by atoms with E-state index < -0.39 is 0 Å². The number of aromatic nitrogens is 2. The van der Waals surface area contributed by atoms with Crippen molar-refractivity contribution in [2.24, 2.45) is 5.73 Å². The Labute approximate surface area is 123 Å². The lowest BCUT2D eigenvalue weighted by atomic mass is 10.1. The lowest BCUT2D eigenvalue weighted by molar-refractivity contribution is 0.0307. The Bertz CT molecular complexity index is 615. The minimum atomic E-state index is -0.0800. The fraction of sp³-hybridized carbons (Fsp3) is 0.500. The molecule has 0 amide bonds. The minimum absolute atomic E-state index is 0.0800. The van der Waals surface area contributed by atoms with Crippen LogP contribution in [0.4, 0.5) is 0 Å². The molecule has 0 spiro atoms.